The number of fused-ring (bicyclic) bond motifs is 1. The number of carbonyl (C=O) groups excluding carboxylic acids is 3. The number of amides is 4. The standard InChI is InChI=1S/C28H35N5O5S/c1-4-16-33-24-15-8-5-10-21(24)18-29-28(26(33)35,22-12-6-7-13-22)31-27(36)30-23-14-9-11-20(17-23)25(34)32-39(37,38)19(2)3/h5,8-11,14-15,17-19,22H,4,6-7,12-13,16H2,1-3H3,(H,32,34)(H2,30,31,36). The zero-order valence-electron chi connectivity index (χ0n) is 22.4. The van der Waals surface area contributed by atoms with E-state index >= 15 is 0 Å². The zero-order valence-corrected chi connectivity index (χ0v) is 23.3. The number of benzene rings is 2. The van der Waals surface area contributed by atoms with Crippen LogP contribution >= 0.6 is 0 Å². The van der Waals surface area contributed by atoms with Gasteiger partial charge in [-0.3, -0.25) is 14.6 Å². The van der Waals surface area contributed by atoms with E-state index in [0.29, 0.717) is 6.54 Å². The van der Waals surface area contributed by atoms with Crippen molar-refractivity contribution in [1.82, 2.24) is 10.0 Å². The molecule has 39 heavy (non-hydrogen) atoms. The summed E-state index contributed by atoms with van der Waals surface area (Å²) < 4.78 is 26.3. The number of urea groups is 1. The Kier molecular flexibility index (Phi) is 8.39. The second kappa shape index (κ2) is 11.6. The number of aliphatic imine (C=N–C) groups is 1. The monoisotopic (exact) mass is 553 g/mol. The van der Waals surface area contributed by atoms with Crippen LogP contribution in [-0.4, -0.2) is 49.9 Å². The molecule has 0 spiro atoms. The van der Waals surface area contributed by atoms with Crippen LogP contribution in [0.5, 0.6) is 0 Å². The third kappa shape index (κ3) is 5.98. The molecule has 1 unspecified atom stereocenters. The highest BCUT2D eigenvalue weighted by molar-refractivity contribution is 7.90. The summed E-state index contributed by atoms with van der Waals surface area (Å²) in [6.45, 7) is 5.41. The number of sulfonamides is 1. The van der Waals surface area contributed by atoms with Crippen molar-refractivity contribution in [3.05, 3.63) is 59.7 Å². The van der Waals surface area contributed by atoms with Crippen LogP contribution in [0.4, 0.5) is 16.2 Å². The lowest BCUT2D eigenvalue weighted by Gasteiger charge is -2.37. The summed E-state index contributed by atoms with van der Waals surface area (Å²) in [6, 6.07) is 12.8. The van der Waals surface area contributed by atoms with E-state index in [1.165, 1.54) is 32.0 Å². The summed E-state index contributed by atoms with van der Waals surface area (Å²) in [4.78, 5) is 46.6. The van der Waals surface area contributed by atoms with Crippen molar-refractivity contribution in [1.29, 1.82) is 0 Å². The van der Waals surface area contributed by atoms with Gasteiger partial charge in [0.15, 0.2) is 0 Å². The van der Waals surface area contributed by atoms with E-state index in [1.54, 1.807) is 17.2 Å². The SMILES string of the molecule is CCCN1C(=O)C(NC(=O)Nc2cccc(C(=O)NS(=O)(=O)C(C)C)c2)(C2CCCC2)N=Cc2ccccc21. The van der Waals surface area contributed by atoms with E-state index in [2.05, 4.69) is 10.6 Å². The van der Waals surface area contributed by atoms with Crippen molar-refractivity contribution in [2.24, 2.45) is 10.9 Å². The lowest BCUT2D eigenvalue weighted by Crippen LogP contribution is -2.63. The van der Waals surface area contributed by atoms with Gasteiger partial charge >= 0.3 is 6.03 Å². The summed E-state index contributed by atoms with van der Waals surface area (Å²) in [6.07, 6.45) is 5.78. The van der Waals surface area contributed by atoms with Gasteiger partial charge in [0.25, 0.3) is 11.8 Å². The fourth-order valence-corrected chi connectivity index (χ4v) is 5.63. The Balaban J connectivity index is 1.61. The molecular weight excluding hydrogens is 518 g/mol. The van der Waals surface area contributed by atoms with Crippen molar-refractivity contribution >= 4 is 45.5 Å². The maximum atomic E-state index is 14.2. The minimum absolute atomic E-state index is 0.0654. The molecule has 10 nitrogen and oxygen atoms in total. The van der Waals surface area contributed by atoms with Gasteiger partial charge < -0.3 is 15.5 Å². The first-order valence-corrected chi connectivity index (χ1v) is 14.8. The van der Waals surface area contributed by atoms with Gasteiger partial charge in [0.1, 0.15) is 0 Å². The molecule has 1 aliphatic carbocycles. The average molecular weight is 554 g/mol. The van der Waals surface area contributed by atoms with Crippen LogP contribution in [0.1, 0.15) is 68.8 Å². The molecule has 0 aromatic heterocycles. The zero-order chi connectivity index (χ0) is 28.2. The molecule has 1 atom stereocenters. The van der Waals surface area contributed by atoms with Crippen LogP contribution in [0.25, 0.3) is 0 Å². The molecule has 0 saturated heterocycles. The molecule has 4 amide bonds. The smallest absolute Gasteiger partial charge is 0.308 e. The van der Waals surface area contributed by atoms with Gasteiger partial charge in [0, 0.05) is 35.5 Å². The number of hydrogen-bond acceptors (Lipinski definition) is 6. The molecule has 1 saturated carbocycles. The summed E-state index contributed by atoms with van der Waals surface area (Å²) >= 11 is 0. The van der Waals surface area contributed by atoms with E-state index in [1.807, 2.05) is 35.9 Å². The van der Waals surface area contributed by atoms with Crippen LogP contribution in [0.15, 0.2) is 53.5 Å². The Hall–Kier alpha value is -3.73. The van der Waals surface area contributed by atoms with Crippen molar-refractivity contribution in [2.45, 2.75) is 63.8 Å². The predicted octanol–water partition coefficient (Wildman–Crippen LogP) is 4.04. The van der Waals surface area contributed by atoms with E-state index in [4.69, 9.17) is 4.99 Å². The minimum Gasteiger partial charge on any atom is -0.308 e. The Labute approximate surface area is 229 Å². The number of nitrogens with zero attached hydrogens (tertiary/aromatic N) is 2. The molecule has 3 N–H and O–H groups in total. The summed E-state index contributed by atoms with van der Waals surface area (Å²) in [7, 11) is -3.82. The lowest BCUT2D eigenvalue weighted by atomic mass is 9.89. The fraction of sp³-hybridized carbons (Fsp3) is 0.429. The Bertz CT molecular complexity index is 1380. The topological polar surface area (TPSA) is 137 Å². The first kappa shape index (κ1) is 28.3. The number of hydrogen-bond donors (Lipinski definition) is 3. The van der Waals surface area contributed by atoms with Gasteiger partial charge in [-0.25, -0.2) is 17.9 Å². The van der Waals surface area contributed by atoms with Gasteiger partial charge in [-0.05, 0) is 57.4 Å². The first-order valence-electron chi connectivity index (χ1n) is 13.3. The van der Waals surface area contributed by atoms with Crippen molar-refractivity contribution in [2.75, 3.05) is 16.8 Å². The predicted molar refractivity (Wildman–Crippen MR) is 151 cm³/mol. The Morgan fingerprint density at radius 1 is 1.10 bits per heavy atom. The first-order chi connectivity index (χ1) is 18.6. The Morgan fingerprint density at radius 3 is 2.51 bits per heavy atom. The minimum atomic E-state index is -3.82. The molecular formula is C28H35N5O5S. The fourth-order valence-electron chi connectivity index (χ4n) is 5.02. The quantitative estimate of drug-likeness (QED) is 0.453. The van der Waals surface area contributed by atoms with Crippen LogP contribution in [0.3, 0.4) is 0 Å². The third-order valence-corrected chi connectivity index (χ3v) is 8.85. The lowest BCUT2D eigenvalue weighted by molar-refractivity contribution is -0.126. The van der Waals surface area contributed by atoms with Crippen LogP contribution < -0.4 is 20.3 Å². The van der Waals surface area contributed by atoms with Gasteiger partial charge in [0.2, 0.25) is 15.7 Å². The van der Waals surface area contributed by atoms with E-state index in [0.717, 1.165) is 43.4 Å². The second-order valence-corrected chi connectivity index (χ2v) is 12.4. The average Bonchev–Trinajstić information content (AvgIpc) is 3.42. The Morgan fingerprint density at radius 2 is 1.82 bits per heavy atom. The van der Waals surface area contributed by atoms with Crippen LogP contribution in [0.2, 0.25) is 0 Å². The van der Waals surface area contributed by atoms with E-state index < -0.39 is 32.9 Å². The van der Waals surface area contributed by atoms with Crippen molar-refractivity contribution < 1.29 is 22.8 Å². The number of carbonyl (C=O) groups is 3. The highest BCUT2D eigenvalue weighted by Gasteiger charge is 2.51. The molecule has 2 aromatic carbocycles. The van der Waals surface area contributed by atoms with Gasteiger partial charge in [0.05, 0.1) is 10.9 Å². The largest absolute Gasteiger partial charge is 0.321 e. The molecule has 1 heterocycles. The van der Waals surface area contributed by atoms with Crippen LogP contribution in [0, 0.1) is 5.92 Å². The molecule has 0 bridgehead atoms. The third-order valence-electron chi connectivity index (χ3n) is 7.14. The molecule has 11 heteroatoms. The molecule has 4 rings (SSSR count). The molecule has 208 valence electrons. The van der Waals surface area contributed by atoms with Gasteiger partial charge in [-0.2, -0.15) is 0 Å². The summed E-state index contributed by atoms with van der Waals surface area (Å²) in [5, 5.41) is 4.82. The second-order valence-electron chi connectivity index (χ2n) is 10.2. The summed E-state index contributed by atoms with van der Waals surface area (Å²) in [5.74, 6) is -1.26. The van der Waals surface area contributed by atoms with Crippen molar-refractivity contribution in [3.8, 4) is 0 Å². The number of anilines is 2. The number of nitrogens with one attached hydrogen (secondary N) is 3. The maximum absolute atomic E-state index is 14.2. The molecule has 0 radical (unpaired) electrons. The van der Waals surface area contributed by atoms with Gasteiger partial charge in [-0.1, -0.05) is 44.0 Å². The highest BCUT2D eigenvalue weighted by atomic mass is 32.2. The molecule has 1 fully saturated rings. The van der Waals surface area contributed by atoms with Gasteiger partial charge in [-0.15, -0.1) is 0 Å². The van der Waals surface area contributed by atoms with Crippen molar-refractivity contribution in [3.63, 3.8) is 0 Å². The highest BCUT2D eigenvalue weighted by Crippen LogP contribution is 2.39. The molecule has 2 aromatic rings. The number of rotatable bonds is 8. The normalized spacial score (nSPS) is 19.5. The van der Waals surface area contributed by atoms with Crippen LogP contribution in [-0.2, 0) is 14.8 Å². The van der Waals surface area contributed by atoms with E-state index in [-0.39, 0.29) is 23.1 Å². The summed E-state index contributed by atoms with van der Waals surface area (Å²) in [5.41, 5.74) is 0.398. The van der Waals surface area contributed by atoms with E-state index in [9.17, 15) is 22.8 Å². The molecule has 1 aliphatic heterocycles. The number of para-hydroxylation sites is 1. The number of benzodiazepines with no additional fused rings is 1. The molecule has 2 aliphatic rings. The maximum Gasteiger partial charge on any atom is 0.321 e.